The van der Waals surface area contributed by atoms with E-state index in [-0.39, 0.29) is 0 Å². The number of hydrogen-bond donors (Lipinski definition) is 1. The second kappa shape index (κ2) is 8.84. The Bertz CT molecular complexity index is 505. The van der Waals surface area contributed by atoms with Crippen LogP contribution in [0.15, 0.2) is 24.3 Å². The summed E-state index contributed by atoms with van der Waals surface area (Å²) in [6, 6.07) is 8.56. The van der Waals surface area contributed by atoms with Crippen molar-refractivity contribution in [2.24, 2.45) is 5.92 Å². The van der Waals surface area contributed by atoms with Gasteiger partial charge in [-0.05, 0) is 44.2 Å². The number of methoxy groups -OCH3 is 1. The quantitative estimate of drug-likeness (QED) is 0.832. The van der Waals surface area contributed by atoms with Crippen molar-refractivity contribution in [2.75, 3.05) is 26.8 Å². The molecule has 4 heteroatoms. The smallest absolute Gasteiger partial charge is 0.124 e. The highest BCUT2D eigenvalue weighted by atomic mass is 16.5. The largest absolute Gasteiger partial charge is 0.496 e. The molecule has 0 bridgehead atoms. The third-order valence-corrected chi connectivity index (χ3v) is 5.56. The lowest BCUT2D eigenvalue weighted by atomic mass is 9.78. The topological polar surface area (TPSA) is 41.9 Å². The molecule has 2 aliphatic rings. The van der Waals surface area contributed by atoms with E-state index in [2.05, 4.69) is 4.90 Å². The molecule has 1 aromatic rings. The minimum atomic E-state index is -0.416. The third kappa shape index (κ3) is 4.50. The van der Waals surface area contributed by atoms with E-state index in [9.17, 15) is 5.11 Å². The van der Waals surface area contributed by atoms with Gasteiger partial charge < -0.3 is 14.6 Å². The molecule has 1 aliphatic carbocycles. The fourth-order valence-corrected chi connectivity index (χ4v) is 4.41. The molecule has 1 N–H and O–H groups in total. The summed E-state index contributed by atoms with van der Waals surface area (Å²) < 4.78 is 11.1. The highest BCUT2D eigenvalue weighted by molar-refractivity contribution is 5.32. The van der Waals surface area contributed by atoms with E-state index >= 15 is 0 Å². The van der Waals surface area contributed by atoms with E-state index in [0.717, 1.165) is 30.3 Å². The zero-order valence-electron chi connectivity index (χ0n) is 14.8. The van der Waals surface area contributed by atoms with E-state index in [1.807, 2.05) is 24.3 Å². The highest BCUT2D eigenvalue weighted by Crippen LogP contribution is 2.35. The molecule has 1 saturated heterocycles. The van der Waals surface area contributed by atoms with Crippen LogP contribution < -0.4 is 4.74 Å². The van der Waals surface area contributed by atoms with Crippen LogP contribution >= 0.6 is 0 Å². The monoisotopic (exact) mass is 333 g/mol. The number of para-hydroxylation sites is 1. The number of β-amino-alcohol motifs (C(OH)–C–C–N with tert-alkyl or cyclic N) is 1. The molecule has 1 aromatic carbocycles. The second-order valence-electron chi connectivity index (χ2n) is 7.23. The van der Waals surface area contributed by atoms with E-state index < -0.39 is 6.10 Å². The number of hydrogen-bond acceptors (Lipinski definition) is 4. The van der Waals surface area contributed by atoms with Gasteiger partial charge >= 0.3 is 0 Å². The van der Waals surface area contributed by atoms with Crippen LogP contribution in [-0.2, 0) is 11.3 Å². The number of piperidine rings is 1. The summed E-state index contributed by atoms with van der Waals surface area (Å²) in [5.41, 5.74) is 1.03. The first kappa shape index (κ1) is 17.7. The Morgan fingerprint density at radius 2 is 1.96 bits per heavy atom. The van der Waals surface area contributed by atoms with Crippen LogP contribution in [0.3, 0.4) is 0 Å². The molecule has 0 radical (unpaired) electrons. The van der Waals surface area contributed by atoms with Crippen LogP contribution in [0.1, 0.15) is 44.1 Å². The van der Waals surface area contributed by atoms with Crippen molar-refractivity contribution >= 4 is 0 Å². The van der Waals surface area contributed by atoms with Gasteiger partial charge in [0.15, 0.2) is 0 Å². The van der Waals surface area contributed by atoms with Crippen molar-refractivity contribution in [3.8, 4) is 5.75 Å². The maximum absolute atomic E-state index is 10.4. The molecule has 0 spiro atoms. The van der Waals surface area contributed by atoms with Crippen molar-refractivity contribution < 1.29 is 14.6 Å². The molecular formula is C20H31NO3. The van der Waals surface area contributed by atoms with E-state index in [1.54, 1.807) is 7.11 Å². The normalized spacial score (nSPS) is 25.9. The molecule has 4 nitrogen and oxygen atoms in total. The molecule has 1 aliphatic heterocycles. The van der Waals surface area contributed by atoms with E-state index in [1.165, 1.54) is 38.5 Å². The standard InChI is InChI=1S/C20H31NO3/c1-23-20-11-5-3-8-17(20)14-24-15-18(22)13-21-12-6-9-16-7-2-4-10-19(16)21/h3,5,8,11,16,18-19,22H,2,4,6-7,9-10,12-15H2,1H3. The Labute approximate surface area is 145 Å². The predicted octanol–water partition coefficient (Wildman–Crippen LogP) is 3.23. The van der Waals surface area contributed by atoms with Gasteiger partial charge in [0.1, 0.15) is 5.75 Å². The second-order valence-corrected chi connectivity index (χ2v) is 7.23. The Morgan fingerprint density at radius 3 is 2.83 bits per heavy atom. The molecule has 0 amide bonds. The van der Waals surface area contributed by atoms with Gasteiger partial charge in [0.2, 0.25) is 0 Å². The number of aliphatic hydroxyl groups is 1. The average Bonchev–Trinajstić information content (AvgIpc) is 2.62. The lowest BCUT2D eigenvalue weighted by Crippen LogP contribution is -2.50. The average molecular weight is 333 g/mol. The Hall–Kier alpha value is -1.10. The number of fused-ring (bicyclic) bond motifs is 1. The number of benzene rings is 1. The summed E-state index contributed by atoms with van der Waals surface area (Å²) in [6.45, 7) is 2.73. The van der Waals surface area contributed by atoms with Crippen LogP contribution in [-0.4, -0.2) is 49.0 Å². The highest BCUT2D eigenvalue weighted by Gasteiger charge is 2.33. The number of aliphatic hydroxyl groups excluding tert-OH is 1. The van der Waals surface area contributed by atoms with Crippen LogP contribution in [0, 0.1) is 5.92 Å². The van der Waals surface area contributed by atoms with Gasteiger partial charge in [-0.3, -0.25) is 4.90 Å². The Morgan fingerprint density at radius 1 is 1.17 bits per heavy atom. The number of ether oxygens (including phenoxy) is 2. The predicted molar refractivity (Wildman–Crippen MR) is 95.2 cm³/mol. The van der Waals surface area contributed by atoms with Gasteiger partial charge in [-0.2, -0.15) is 0 Å². The molecule has 3 rings (SSSR count). The fourth-order valence-electron chi connectivity index (χ4n) is 4.41. The zero-order valence-corrected chi connectivity index (χ0v) is 14.8. The number of nitrogens with zero attached hydrogens (tertiary/aromatic N) is 1. The summed E-state index contributed by atoms with van der Waals surface area (Å²) in [6.07, 6.45) is 7.65. The van der Waals surface area contributed by atoms with Crippen molar-refractivity contribution in [2.45, 2.75) is 57.3 Å². The van der Waals surface area contributed by atoms with Crippen molar-refractivity contribution in [1.82, 2.24) is 4.90 Å². The minimum absolute atomic E-state index is 0.381. The van der Waals surface area contributed by atoms with E-state index in [4.69, 9.17) is 9.47 Å². The third-order valence-electron chi connectivity index (χ3n) is 5.56. The molecule has 3 unspecified atom stereocenters. The first-order chi connectivity index (χ1) is 11.8. The maximum Gasteiger partial charge on any atom is 0.124 e. The molecule has 1 heterocycles. The van der Waals surface area contributed by atoms with Gasteiger partial charge in [0.25, 0.3) is 0 Å². The van der Waals surface area contributed by atoms with Gasteiger partial charge in [-0.1, -0.05) is 31.0 Å². The molecule has 2 fully saturated rings. The minimum Gasteiger partial charge on any atom is -0.496 e. The van der Waals surface area contributed by atoms with Crippen molar-refractivity contribution in [1.29, 1.82) is 0 Å². The fraction of sp³-hybridized carbons (Fsp3) is 0.700. The van der Waals surface area contributed by atoms with Gasteiger partial charge in [0.05, 0.1) is 26.4 Å². The van der Waals surface area contributed by atoms with Gasteiger partial charge in [-0.25, -0.2) is 0 Å². The van der Waals surface area contributed by atoms with Crippen molar-refractivity contribution in [3.05, 3.63) is 29.8 Å². The first-order valence-electron chi connectivity index (χ1n) is 9.39. The van der Waals surface area contributed by atoms with Crippen LogP contribution in [0.4, 0.5) is 0 Å². The molecular weight excluding hydrogens is 302 g/mol. The number of rotatable bonds is 7. The molecule has 0 aromatic heterocycles. The zero-order chi connectivity index (χ0) is 16.8. The van der Waals surface area contributed by atoms with Gasteiger partial charge in [-0.15, -0.1) is 0 Å². The summed E-state index contributed by atoms with van der Waals surface area (Å²) >= 11 is 0. The summed E-state index contributed by atoms with van der Waals surface area (Å²) in [5, 5.41) is 10.4. The van der Waals surface area contributed by atoms with Crippen LogP contribution in [0.2, 0.25) is 0 Å². The van der Waals surface area contributed by atoms with Crippen LogP contribution in [0.5, 0.6) is 5.75 Å². The molecule has 3 atom stereocenters. The lowest BCUT2D eigenvalue weighted by Gasteiger charge is -2.44. The van der Waals surface area contributed by atoms with Gasteiger partial charge in [0, 0.05) is 18.2 Å². The SMILES string of the molecule is COc1ccccc1COCC(O)CN1CCCC2CCCCC21. The Kier molecular flexibility index (Phi) is 6.52. The lowest BCUT2D eigenvalue weighted by molar-refractivity contribution is -0.0203. The maximum atomic E-state index is 10.4. The summed E-state index contributed by atoms with van der Waals surface area (Å²) in [4.78, 5) is 2.52. The molecule has 24 heavy (non-hydrogen) atoms. The first-order valence-corrected chi connectivity index (χ1v) is 9.39. The molecule has 1 saturated carbocycles. The number of likely N-dealkylation sites (tertiary alicyclic amines) is 1. The summed E-state index contributed by atoms with van der Waals surface area (Å²) in [7, 11) is 1.67. The summed E-state index contributed by atoms with van der Waals surface area (Å²) in [5.74, 6) is 1.70. The van der Waals surface area contributed by atoms with Crippen LogP contribution in [0.25, 0.3) is 0 Å². The van der Waals surface area contributed by atoms with Crippen molar-refractivity contribution in [3.63, 3.8) is 0 Å². The Balaban J connectivity index is 1.44. The molecule has 134 valence electrons. The van der Waals surface area contributed by atoms with E-state index in [0.29, 0.717) is 19.3 Å².